The number of hydrogen-bond donors (Lipinski definition) is 0. The lowest BCUT2D eigenvalue weighted by Crippen LogP contribution is -2.52. The number of sulfonamides is 1. The lowest BCUT2D eigenvalue weighted by molar-refractivity contribution is -0.274. The quantitative estimate of drug-likeness (QED) is 0.237. The van der Waals surface area contributed by atoms with Crippen molar-refractivity contribution in [2.45, 2.75) is 74.8 Å². The molecule has 0 aliphatic carbocycles. The van der Waals surface area contributed by atoms with Crippen molar-refractivity contribution in [1.82, 2.24) is 4.31 Å². The van der Waals surface area contributed by atoms with Crippen LogP contribution in [0.25, 0.3) is 0 Å². The molecule has 0 unspecified atom stereocenters. The molecule has 5 rings (SSSR count). The van der Waals surface area contributed by atoms with Crippen LogP contribution < -0.4 is 9.47 Å². The SMILES string of the molecule is CCCCOc1ccc(OC(F)(F)F)cc1[C@@H]1CO[C@]2(CCCN(S(=O)(=O)c3ccc(C)cc3)[C@H]2c2ccccc2)C1. The lowest BCUT2D eigenvalue weighted by Gasteiger charge is -2.47. The van der Waals surface area contributed by atoms with Gasteiger partial charge in [-0.15, -0.1) is 13.2 Å². The van der Waals surface area contributed by atoms with Crippen LogP contribution in [0.15, 0.2) is 77.7 Å². The molecule has 0 amide bonds. The minimum atomic E-state index is -4.83. The molecule has 2 aliphatic rings. The van der Waals surface area contributed by atoms with Gasteiger partial charge in [-0.05, 0) is 68.5 Å². The van der Waals surface area contributed by atoms with E-state index in [1.165, 1.54) is 18.2 Å². The molecule has 0 saturated carbocycles. The molecule has 42 heavy (non-hydrogen) atoms. The average molecular weight is 604 g/mol. The first-order valence-electron chi connectivity index (χ1n) is 14.3. The molecule has 0 aromatic heterocycles. The summed E-state index contributed by atoms with van der Waals surface area (Å²) in [6.07, 6.45) is -1.53. The van der Waals surface area contributed by atoms with Gasteiger partial charge in [-0.25, -0.2) is 8.42 Å². The number of hydrogen-bond acceptors (Lipinski definition) is 5. The highest BCUT2D eigenvalue weighted by Gasteiger charge is 2.54. The molecule has 3 aromatic rings. The standard InChI is InChI=1S/C32H36F3NO5S/c1-3-4-19-39-29-16-13-26(41-32(33,34)35)20-28(29)25-21-31(40-22-25)17-8-18-36(30(31)24-9-6-5-7-10-24)42(37,38)27-14-11-23(2)12-15-27/h5-7,9-16,20,25,30H,3-4,8,17-19,21-22H2,1-2H3/t25-,30-,31+/m0/s1. The third-order valence-corrected chi connectivity index (χ3v) is 9.96. The fourth-order valence-corrected chi connectivity index (χ4v) is 7.85. The van der Waals surface area contributed by atoms with Crippen LogP contribution in [-0.2, 0) is 14.8 Å². The highest BCUT2D eigenvalue weighted by atomic mass is 32.2. The summed E-state index contributed by atoms with van der Waals surface area (Å²) in [5, 5.41) is 0. The van der Waals surface area contributed by atoms with Gasteiger partial charge in [-0.1, -0.05) is 61.4 Å². The number of nitrogens with zero attached hydrogens (tertiary/aromatic N) is 1. The smallest absolute Gasteiger partial charge is 0.493 e. The van der Waals surface area contributed by atoms with Crippen LogP contribution >= 0.6 is 0 Å². The Morgan fingerprint density at radius 1 is 1.05 bits per heavy atom. The van der Waals surface area contributed by atoms with Gasteiger partial charge in [0.25, 0.3) is 0 Å². The van der Waals surface area contributed by atoms with Crippen LogP contribution in [0, 0.1) is 6.92 Å². The van der Waals surface area contributed by atoms with E-state index in [9.17, 15) is 21.6 Å². The second kappa shape index (κ2) is 12.3. The van der Waals surface area contributed by atoms with Crippen molar-refractivity contribution in [2.24, 2.45) is 0 Å². The number of rotatable bonds is 9. The van der Waals surface area contributed by atoms with Gasteiger partial charge in [-0.3, -0.25) is 0 Å². The Morgan fingerprint density at radius 3 is 2.48 bits per heavy atom. The number of halogens is 3. The van der Waals surface area contributed by atoms with E-state index >= 15 is 0 Å². The summed E-state index contributed by atoms with van der Waals surface area (Å²) in [6.45, 7) is 4.90. The van der Waals surface area contributed by atoms with Crippen LogP contribution in [-0.4, -0.2) is 44.4 Å². The zero-order valence-electron chi connectivity index (χ0n) is 23.8. The molecule has 10 heteroatoms. The lowest BCUT2D eigenvalue weighted by atomic mass is 9.76. The van der Waals surface area contributed by atoms with E-state index in [2.05, 4.69) is 4.74 Å². The van der Waals surface area contributed by atoms with Crippen molar-refractivity contribution in [2.75, 3.05) is 19.8 Å². The second-order valence-electron chi connectivity index (χ2n) is 11.1. The van der Waals surface area contributed by atoms with Crippen LogP contribution in [0.5, 0.6) is 11.5 Å². The summed E-state index contributed by atoms with van der Waals surface area (Å²) in [5.41, 5.74) is 1.44. The maximum absolute atomic E-state index is 14.1. The van der Waals surface area contributed by atoms with Crippen molar-refractivity contribution in [3.05, 3.63) is 89.5 Å². The summed E-state index contributed by atoms with van der Waals surface area (Å²) in [4.78, 5) is 0.212. The normalized spacial score (nSPS) is 23.3. The van der Waals surface area contributed by atoms with Crippen LogP contribution in [0.1, 0.15) is 67.7 Å². The predicted molar refractivity (Wildman–Crippen MR) is 153 cm³/mol. The van der Waals surface area contributed by atoms with Crippen molar-refractivity contribution in [1.29, 1.82) is 0 Å². The van der Waals surface area contributed by atoms with Gasteiger partial charge in [0.2, 0.25) is 10.0 Å². The molecule has 226 valence electrons. The van der Waals surface area contributed by atoms with Gasteiger partial charge in [0, 0.05) is 18.0 Å². The molecule has 3 atom stereocenters. The number of unbranched alkanes of at least 4 members (excludes halogenated alkanes) is 1. The van der Waals surface area contributed by atoms with Gasteiger partial charge >= 0.3 is 6.36 Å². The molecule has 2 heterocycles. The first-order valence-corrected chi connectivity index (χ1v) is 15.8. The van der Waals surface area contributed by atoms with E-state index in [4.69, 9.17) is 9.47 Å². The first-order chi connectivity index (χ1) is 20.0. The highest BCUT2D eigenvalue weighted by Crippen LogP contribution is 2.53. The summed E-state index contributed by atoms with van der Waals surface area (Å²) in [7, 11) is -3.89. The molecule has 2 fully saturated rings. The fraction of sp³-hybridized carbons (Fsp3) is 0.438. The Labute approximate surface area is 245 Å². The van der Waals surface area contributed by atoms with E-state index in [1.807, 2.05) is 44.2 Å². The van der Waals surface area contributed by atoms with Crippen molar-refractivity contribution in [3.8, 4) is 11.5 Å². The minimum Gasteiger partial charge on any atom is -0.493 e. The van der Waals surface area contributed by atoms with Crippen LogP contribution in [0.2, 0.25) is 0 Å². The van der Waals surface area contributed by atoms with Gasteiger partial charge in [0.1, 0.15) is 11.5 Å². The summed E-state index contributed by atoms with van der Waals surface area (Å²) >= 11 is 0. The van der Waals surface area contributed by atoms with Crippen LogP contribution in [0.4, 0.5) is 13.2 Å². The summed E-state index contributed by atoms with van der Waals surface area (Å²) in [6, 6.07) is 19.8. The number of benzene rings is 3. The maximum Gasteiger partial charge on any atom is 0.573 e. The zero-order valence-corrected chi connectivity index (χ0v) is 24.6. The summed E-state index contributed by atoms with van der Waals surface area (Å²) in [5.74, 6) is -0.167. The average Bonchev–Trinajstić information content (AvgIpc) is 3.37. The molecular weight excluding hydrogens is 567 g/mol. The molecule has 2 saturated heterocycles. The van der Waals surface area contributed by atoms with Gasteiger partial charge in [-0.2, -0.15) is 4.31 Å². The number of ether oxygens (including phenoxy) is 3. The van der Waals surface area contributed by atoms with Gasteiger partial charge in [0.05, 0.1) is 29.8 Å². The third kappa shape index (κ3) is 6.45. The second-order valence-corrected chi connectivity index (χ2v) is 13.0. The number of alkyl halides is 3. The van der Waals surface area contributed by atoms with E-state index in [-0.39, 0.29) is 23.2 Å². The Kier molecular flexibility index (Phi) is 8.87. The minimum absolute atomic E-state index is 0.210. The molecule has 0 radical (unpaired) electrons. The summed E-state index contributed by atoms with van der Waals surface area (Å²) < 4.78 is 85.8. The van der Waals surface area contributed by atoms with E-state index < -0.39 is 28.0 Å². The van der Waals surface area contributed by atoms with Gasteiger partial charge < -0.3 is 14.2 Å². The van der Waals surface area contributed by atoms with Crippen molar-refractivity contribution < 1.29 is 35.8 Å². The molecule has 1 spiro atoms. The fourth-order valence-electron chi connectivity index (χ4n) is 6.14. The Hall–Kier alpha value is -3.08. The highest BCUT2D eigenvalue weighted by molar-refractivity contribution is 7.89. The topological polar surface area (TPSA) is 65.1 Å². The maximum atomic E-state index is 14.1. The predicted octanol–water partition coefficient (Wildman–Crippen LogP) is 7.54. The first kappa shape index (κ1) is 30.4. The Bertz CT molecular complexity index is 1460. The van der Waals surface area contributed by atoms with Crippen LogP contribution in [0.3, 0.4) is 0 Å². The number of aryl methyl sites for hydroxylation is 1. The Morgan fingerprint density at radius 2 is 1.79 bits per heavy atom. The number of piperidine rings is 1. The third-order valence-electron chi connectivity index (χ3n) is 8.08. The molecule has 0 bridgehead atoms. The molecule has 0 N–H and O–H groups in total. The largest absolute Gasteiger partial charge is 0.573 e. The van der Waals surface area contributed by atoms with E-state index in [0.29, 0.717) is 43.7 Å². The Balaban J connectivity index is 1.53. The van der Waals surface area contributed by atoms with E-state index in [0.717, 1.165) is 24.0 Å². The molecule has 2 aliphatic heterocycles. The monoisotopic (exact) mass is 603 g/mol. The van der Waals surface area contributed by atoms with Crippen molar-refractivity contribution >= 4 is 10.0 Å². The molecule has 3 aromatic carbocycles. The molecule has 6 nitrogen and oxygen atoms in total. The molecular formula is C32H36F3NO5S. The zero-order chi connectivity index (χ0) is 30.0. The van der Waals surface area contributed by atoms with E-state index in [1.54, 1.807) is 28.6 Å². The van der Waals surface area contributed by atoms with Crippen molar-refractivity contribution in [3.63, 3.8) is 0 Å². The van der Waals surface area contributed by atoms with Gasteiger partial charge in [0.15, 0.2) is 0 Å².